The second kappa shape index (κ2) is 3.18. The molecule has 0 atom stereocenters. The molecule has 1 aliphatic rings. The number of nitrogens with zero attached hydrogens (tertiary/aromatic N) is 2. The number of fused-ring (bicyclic) bond motifs is 1. The van der Waals surface area contributed by atoms with Crippen LogP contribution in [0.25, 0.3) is 0 Å². The van der Waals surface area contributed by atoms with Gasteiger partial charge in [0.1, 0.15) is 4.60 Å². The van der Waals surface area contributed by atoms with Gasteiger partial charge in [0.2, 0.25) is 0 Å². The van der Waals surface area contributed by atoms with Crippen molar-refractivity contribution in [3.8, 4) is 0 Å². The third-order valence-electron chi connectivity index (χ3n) is 2.21. The minimum absolute atomic E-state index is 0.817. The summed E-state index contributed by atoms with van der Waals surface area (Å²) < 4.78 is 8.30. The van der Waals surface area contributed by atoms with Gasteiger partial charge in [0.15, 0.2) is 0 Å². The summed E-state index contributed by atoms with van der Waals surface area (Å²) in [6.07, 6.45) is 1.95. The number of ether oxygens (including phenoxy) is 1. The Morgan fingerprint density at radius 3 is 3.00 bits per heavy atom. The van der Waals surface area contributed by atoms with E-state index < -0.39 is 0 Å². The molecule has 0 spiro atoms. The van der Waals surface area contributed by atoms with Crippen LogP contribution in [-0.2, 0) is 24.6 Å². The van der Waals surface area contributed by atoms with E-state index in [1.165, 1.54) is 11.3 Å². The van der Waals surface area contributed by atoms with E-state index in [-0.39, 0.29) is 0 Å². The van der Waals surface area contributed by atoms with Crippen molar-refractivity contribution >= 4 is 15.9 Å². The second-order valence-electron chi connectivity index (χ2n) is 2.95. The molecule has 0 aliphatic carbocycles. The van der Waals surface area contributed by atoms with Gasteiger partial charge < -0.3 is 4.74 Å². The van der Waals surface area contributed by atoms with Crippen molar-refractivity contribution in [1.29, 1.82) is 0 Å². The number of hydrogen-bond acceptors (Lipinski definition) is 2. The zero-order valence-electron chi connectivity index (χ0n) is 7.01. The fourth-order valence-corrected chi connectivity index (χ4v) is 2.24. The van der Waals surface area contributed by atoms with Crippen LogP contribution in [0.15, 0.2) is 4.60 Å². The first-order chi connectivity index (χ1) is 5.79. The van der Waals surface area contributed by atoms with Crippen LogP contribution in [0, 0.1) is 0 Å². The summed E-state index contributed by atoms with van der Waals surface area (Å²) in [5.41, 5.74) is 2.62. The van der Waals surface area contributed by atoms with Crippen molar-refractivity contribution in [2.24, 2.45) is 7.05 Å². The highest BCUT2D eigenvalue weighted by molar-refractivity contribution is 9.10. The third-order valence-corrected chi connectivity index (χ3v) is 2.84. The molecular weight excluding hydrogens is 220 g/mol. The summed E-state index contributed by atoms with van der Waals surface area (Å²) in [7, 11) is 1.98. The highest BCUT2D eigenvalue weighted by atomic mass is 79.9. The summed E-state index contributed by atoms with van der Waals surface area (Å²) in [5.74, 6) is 0. The van der Waals surface area contributed by atoms with E-state index in [0.29, 0.717) is 0 Å². The van der Waals surface area contributed by atoms with E-state index in [9.17, 15) is 0 Å². The van der Waals surface area contributed by atoms with Crippen molar-refractivity contribution in [3.05, 3.63) is 15.9 Å². The maximum atomic E-state index is 5.38. The van der Waals surface area contributed by atoms with Crippen molar-refractivity contribution in [2.45, 2.75) is 12.8 Å². The first-order valence-electron chi connectivity index (χ1n) is 4.07. The largest absolute Gasteiger partial charge is 0.381 e. The van der Waals surface area contributed by atoms with Gasteiger partial charge in [-0.25, -0.2) is 0 Å². The summed E-state index contributed by atoms with van der Waals surface area (Å²) in [6.45, 7) is 1.64. The minimum atomic E-state index is 0.817. The van der Waals surface area contributed by atoms with Crippen LogP contribution in [0.2, 0.25) is 0 Å². The van der Waals surface area contributed by atoms with E-state index >= 15 is 0 Å². The smallest absolute Gasteiger partial charge is 0.131 e. The van der Waals surface area contributed by atoms with Gasteiger partial charge in [-0.05, 0) is 15.9 Å². The van der Waals surface area contributed by atoms with Gasteiger partial charge in [0.05, 0.1) is 13.2 Å². The number of aryl methyl sites for hydroxylation is 1. The molecule has 0 bridgehead atoms. The lowest BCUT2D eigenvalue weighted by atomic mass is 10.2. The van der Waals surface area contributed by atoms with Crippen molar-refractivity contribution in [2.75, 3.05) is 13.2 Å². The molecule has 0 fully saturated rings. The van der Waals surface area contributed by atoms with Crippen molar-refractivity contribution < 1.29 is 4.74 Å². The molecule has 1 aliphatic heterocycles. The zero-order chi connectivity index (χ0) is 8.55. The van der Waals surface area contributed by atoms with E-state index in [4.69, 9.17) is 4.74 Å². The molecule has 0 saturated heterocycles. The highest BCUT2D eigenvalue weighted by Gasteiger charge is 2.16. The Labute approximate surface area is 79.8 Å². The Morgan fingerprint density at radius 1 is 1.42 bits per heavy atom. The van der Waals surface area contributed by atoms with Gasteiger partial charge in [-0.2, -0.15) is 5.10 Å². The minimum Gasteiger partial charge on any atom is -0.381 e. The summed E-state index contributed by atoms with van der Waals surface area (Å²) in [5, 5.41) is 4.31. The van der Waals surface area contributed by atoms with Crippen molar-refractivity contribution in [1.82, 2.24) is 9.78 Å². The van der Waals surface area contributed by atoms with Crippen LogP contribution in [-0.4, -0.2) is 23.0 Å². The molecule has 12 heavy (non-hydrogen) atoms. The Bertz CT molecular complexity index is 269. The summed E-state index contributed by atoms with van der Waals surface area (Å²) in [4.78, 5) is 0. The third kappa shape index (κ3) is 1.29. The lowest BCUT2D eigenvalue weighted by Gasteiger charge is -1.98. The highest BCUT2D eigenvalue weighted by Crippen LogP contribution is 2.22. The van der Waals surface area contributed by atoms with Crippen LogP contribution in [0.5, 0.6) is 0 Å². The van der Waals surface area contributed by atoms with E-state index in [0.717, 1.165) is 30.7 Å². The molecule has 66 valence electrons. The first kappa shape index (κ1) is 8.26. The average Bonchev–Trinajstić information content (AvgIpc) is 2.29. The van der Waals surface area contributed by atoms with Crippen LogP contribution in [0.3, 0.4) is 0 Å². The molecule has 2 rings (SSSR count). The summed E-state index contributed by atoms with van der Waals surface area (Å²) >= 11 is 3.45. The maximum Gasteiger partial charge on any atom is 0.131 e. The Morgan fingerprint density at radius 2 is 2.17 bits per heavy atom. The normalized spacial score (nSPS) is 17.2. The summed E-state index contributed by atoms with van der Waals surface area (Å²) in [6, 6.07) is 0. The molecule has 2 heterocycles. The molecule has 0 saturated carbocycles. The van der Waals surface area contributed by atoms with Gasteiger partial charge in [-0.15, -0.1) is 0 Å². The van der Waals surface area contributed by atoms with Crippen LogP contribution >= 0.6 is 15.9 Å². The monoisotopic (exact) mass is 230 g/mol. The zero-order valence-corrected chi connectivity index (χ0v) is 8.60. The molecular formula is C8H11BrN2O. The SMILES string of the molecule is Cn1nc(Br)c2c1CCOCC2. The fraction of sp³-hybridized carbons (Fsp3) is 0.625. The van der Waals surface area contributed by atoms with Crippen LogP contribution in [0.1, 0.15) is 11.3 Å². The maximum absolute atomic E-state index is 5.38. The number of aromatic nitrogens is 2. The van der Waals surface area contributed by atoms with Gasteiger partial charge in [-0.1, -0.05) is 0 Å². The molecule has 0 amide bonds. The molecule has 0 aromatic carbocycles. The van der Waals surface area contributed by atoms with Gasteiger partial charge >= 0.3 is 0 Å². The van der Waals surface area contributed by atoms with Crippen LogP contribution < -0.4 is 0 Å². The molecule has 1 aromatic rings. The lowest BCUT2D eigenvalue weighted by Crippen LogP contribution is -2.01. The Kier molecular flexibility index (Phi) is 2.19. The molecule has 4 heteroatoms. The topological polar surface area (TPSA) is 27.1 Å². The molecule has 0 unspecified atom stereocenters. The number of halogens is 1. The average molecular weight is 231 g/mol. The van der Waals surface area contributed by atoms with Crippen molar-refractivity contribution in [3.63, 3.8) is 0 Å². The van der Waals surface area contributed by atoms with E-state index in [1.807, 2.05) is 11.7 Å². The quantitative estimate of drug-likeness (QED) is 0.672. The Hall–Kier alpha value is -0.350. The molecule has 0 N–H and O–H groups in total. The molecule has 1 aromatic heterocycles. The molecule has 3 nitrogen and oxygen atoms in total. The Balaban J connectivity index is 2.44. The van der Waals surface area contributed by atoms with Gasteiger partial charge in [0.25, 0.3) is 0 Å². The standard InChI is InChI=1S/C8H11BrN2O/c1-11-7-3-5-12-4-2-6(7)8(9)10-11/h2-5H2,1H3. The van der Waals surface area contributed by atoms with E-state index in [1.54, 1.807) is 0 Å². The first-order valence-corrected chi connectivity index (χ1v) is 4.86. The number of rotatable bonds is 0. The fourth-order valence-electron chi connectivity index (χ4n) is 1.57. The second-order valence-corrected chi connectivity index (χ2v) is 3.70. The van der Waals surface area contributed by atoms with Gasteiger partial charge in [-0.3, -0.25) is 4.68 Å². The predicted octanol–water partition coefficient (Wildman–Crippen LogP) is 1.30. The molecule has 0 radical (unpaired) electrons. The number of hydrogen-bond donors (Lipinski definition) is 0. The van der Waals surface area contributed by atoms with E-state index in [2.05, 4.69) is 21.0 Å². The van der Waals surface area contributed by atoms with Gasteiger partial charge in [0, 0.05) is 31.1 Å². The lowest BCUT2D eigenvalue weighted by molar-refractivity contribution is 0.145. The predicted molar refractivity (Wildman–Crippen MR) is 49.1 cm³/mol. The van der Waals surface area contributed by atoms with Crippen LogP contribution in [0.4, 0.5) is 0 Å².